The Morgan fingerprint density at radius 2 is 2.57 bits per heavy atom. The van der Waals surface area contributed by atoms with Crippen molar-refractivity contribution in [2.24, 2.45) is 0 Å². The molecule has 0 amide bonds. The third-order valence-electron chi connectivity index (χ3n) is 2.03. The molecule has 1 fully saturated rings. The van der Waals surface area contributed by atoms with Crippen LogP contribution in [0.15, 0.2) is 12.3 Å². The summed E-state index contributed by atoms with van der Waals surface area (Å²) >= 11 is 1.93. The van der Waals surface area contributed by atoms with Crippen molar-refractivity contribution in [3.63, 3.8) is 0 Å². The molecular formula is C9H10N4S. The van der Waals surface area contributed by atoms with Crippen LogP contribution >= 0.6 is 11.8 Å². The van der Waals surface area contributed by atoms with Crippen molar-refractivity contribution in [3.8, 4) is 6.07 Å². The Hall–Kier alpha value is -1.28. The molecule has 0 radical (unpaired) electrons. The highest BCUT2D eigenvalue weighted by molar-refractivity contribution is 7.99. The topological polar surface area (TPSA) is 61.6 Å². The average Bonchev–Trinajstić information content (AvgIpc) is 2.71. The van der Waals surface area contributed by atoms with E-state index in [1.54, 1.807) is 12.3 Å². The molecular weight excluding hydrogens is 196 g/mol. The fourth-order valence-corrected chi connectivity index (χ4v) is 2.47. The van der Waals surface area contributed by atoms with E-state index in [0.717, 1.165) is 12.2 Å². The number of nitriles is 1. The molecule has 72 valence electrons. The minimum Gasteiger partial charge on any atom is -0.351 e. The second kappa shape index (κ2) is 4.29. The molecule has 1 saturated heterocycles. The van der Waals surface area contributed by atoms with Gasteiger partial charge in [0.1, 0.15) is 11.8 Å². The monoisotopic (exact) mass is 206 g/mol. The SMILES string of the molecule is N#Cc1ccnc(NC2CCSC2)n1. The van der Waals surface area contributed by atoms with Crippen molar-refractivity contribution in [2.75, 3.05) is 16.8 Å². The smallest absolute Gasteiger partial charge is 0.224 e. The quantitative estimate of drug-likeness (QED) is 0.789. The molecule has 1 aliphatic rings. The molecule has 0 spiro atoms. The van der Waals surface area contributed by atoms with Crippen LogP contribution in [-0.2, 0) is 0 Å². The molecule has 1 aliphatic heterocycles. The third kappa shape index (κ3) is 2.15. The van der Waals surface area contributed by atoms with Gasteiger partial charge in [0.05, 0.1) is 0 Å². The van der Waals surface area contributed by atoms with Gasteiger partial charge in [-0.05, 0) is 18.2 Å². The Bertz CT molecular complexity index is 354. The second-order valence-electron chi connectivity index (χ2n) is 3.08. The fourth-order valence-electron chi connectivity index (χ4n) is 1.32. The van der Waals surface area contributed by atoms with Gasteiger partial charge < -0.3 is 5.32 Å². The van der Waals surface area contributed by atoms with Crippen LogP contribution in [0.5, 0.6) is 0 Å². The third-order valence-corrected chi connectivity index (χ3v) is 3.20. The summed E-state index contributed by atoms with van der Waals surface area (Å²) in [5, 5.41) is 11.9. The van der Waals surface area contributed by atoms with Crippen molar-refractivity contribution in [1.29, 1.82) is 5.26 Å². The largest absolute Gasteiger partial charge is 0.351 e. The first-order valence-corrected chi connectivity index (χ1v) is 5.61. The molecule has 4 nitrogen and oxygen atoms in total. The first kappa shape index (κ1) is 9.28. The first-order valence-electron chi connectivity index (χ1n) is 4.46. The predicted octanol–water partition coefficient (Wildman–Crippen LogP) is 1.27. The molecule has 0 saturated carbocycles. The maximum absolute atomic E-state index is 8.65. The number of aromatic nitrogens is 2. The van der Waals surface area contributed by atoms with Crippen molar-refractivity contribution in [2.45, 2.75) is 12.5 Å². The van der Waals surface area contributed by atoms with Gasteiger partial charge in [-0.25, -0.2) is 9.97 Å². The summed E-state index contributed by atoms with van der Waals surface area (Å²) in [4.78, 5) is 8.13. The van der Waals surface area contributed by atoms with E-state index in [0.29, 0.717) is 17.7 Å². The lowest BCUT2D eigenvalue weighted by Crippen LogP contribution is -2.19. The van der Waals surface area contributed by atoms with Crippen LogP contribution in [0, 0.1) is 11.3 Å². The van der Waals surface area contributed by atoms with E-state index in [1.807, 2.05) is 17.8 Å². The number of thioether (sulfide) groups is 1. The van der Waals surface area contributed by atoms with E-state index < -0.39 is 0 Å². The molecule has 2 heterocycles. The Morgan fingerprint density at radius 1 is 1.64 bits per heavy atom. The zero-order valence-corrected chi connectivity index (χ0v) is 8.42. The van der Waals surface area contributed by atoms with E-state index in [-0.39, 0.29) is 0 Å². The standard InChI is InChI=1S/C9H10N4S/c10-5-7-1-3-11-9(12-7)13-8-2-4-14-6-8/h1,3,8H,2,4,6H2,(H,11,12,13). The Labute approximate surface area is 86.8 Å². The molecule has 1 atom stereocenters. The molecule has 1 N–H and O–H groups in total. The number of nitrogens with one attached hydrogen (secondary N) is 1. The van der Waals surface area contributed by atoms with Gasteiger partial charge in [-0.3, -0.25) is 0 Å². The molecule has 0 aromatic carbocycles. The number of hydrogen-bond donors (Lipinski definition) is 1. The van der Waals surface area contributed by atoms with Gasteiger partial charge >= 0.3 is 0 Å². The van der Waals surface area contributed by atoms with Crippen LogP contribution in [0.25, 0.3) is 0 Å². The normalized spacial score (nSPS) is 20.4. The lowest BCUT2D eigenvalue weighted by Gasteiger charge is -2.10. The molecule has 2 rings (SSSR count). The van der Waals surface area contributed by atoms with Crippen LogP contribution in [0.3, 0.4) is 0 Å². The Morgan fingerprint density at radius 3 is 3.29 bits per heavy atom. The molecule has 0 aliphatic carbocycles. The summed E-state index contributed by atoms with van der Waals surface area (Å²) in [7, 11) is 0. The average molecular weight is 206 g/mol. The molecule has 5 heteroatoms. The van der Waals surface area contributed by atoms with E-state index in [2.05, 4.69) is 15.3 Å². The van der Waals surface area contributed by atoms with Gasteiger partial charge in [0.25, 0.3) is 0 Å². The van der Waals surface area contributed by atoms with E-state index in [9.17, 15) is 0 Å². The first-order chi connectivity index (χ1) is 6.88. The number of hydrogen-bond acceptors (Lipinski definition) is 5. The van der Waals surface area contributed by atoms with Crippen LogP contribution in [0.2, 0.25) is 0 Å². The highest BCUT2D eigenvalue weighted by atomic mass is 32.2. The lowest BCUT2D eigenvalue weighted by atomic mass is 10.3. The Kier molecular flexibility index (Phi) is 2.84. The Balaban J connectivity index is 2.05. The molecule has 14 heavy (non-hydrogen) atoms. The van der Waals surface area contributed by atoms with Crippen LogP contribution < -0.4 is 5.32 Å². The fraction of sp³-hybridized carbons (Fsp3) is 0.444. The van der Waals surface area contributed by atoms with E-state index in [4.69, 9.17) is 5.26 Å². The second-order valence-corrected chi connectivity index (χ2v) is 4.23. The summed E-state index contributed by atoms with van der Waals surface area (Å²) in [6.07, 6.45) is 2.75. The zero-order valence-electron chi connectivity index (χ0n) is 7.60. The van der Waals surface area contributed by atoms with Crippen molar-refractivity contribution < 1.29 is 0 Å². The highest BCUT2D eigenvalue weighted by Gasteiger charge is 2.15. The van der Waals surface area contributed by atoms with Gasteiger partial charge in [0.2, 0.25) is 5.95 Å². The van der Waals surface area contributed by atoms with Gasteiger partial charge in [-0.2, -0.15) is 17.0 Å². The maximum atomic E-state index is 8.65. The minimum absolute atomic E-state index is 0.410. The van der Waals surface area contributed by atoms with Crippen molar-refractivity contribution >= 4 is 17.7 Å². The lowest BCUT2D eigenvalue weighted by molar-refractivity contribution is 0.797. The zero-order chi connectivity index (χ0) is 9.80. The van der Waals surface area contributed by atoms with Gasteiger partial charge in [0, 0.05) is 18.0 Å². The summed E-state index contributed by atoms with van der Waals surface area (Å²) in [6, 6.07) is 4.05. The molecule has 1 unspecified atom stereocenters. The van der Waals surface area contributed by atoms with Gasteiger partial charge in [-0.15, -0.1) is 0 Å². The van der Waals surface area contributed by atoms with Crippen molar-refractivity contribution in [3.05, 3.63) is 18.0 Å². The number of rotatable bonds is 2. The van der Waals surface area contributed by atoms with Crippen LogP contribution in [0.4, 0.5) is 5.95 Å². The summed E-state index contributed by atoms with van der Waals surface area (Å²) in [5.74, 6) is 2.85. The number of anilines is 1. The van der Waals surface area contributed by atoms with E-state index in [1.165, 1.54) is 5.75 Å². The molecule has 0 bridgehead atoms. The molecule has 1 aromatic heterocycles. The summed E-state index contributed by atoms with van der Waals surface area (Å²) in [5.41, 5.74) is 0.410. The van der Waals surface area contributed by atoms with Crippen LogP contribution in [-0.4, -0.2) is 27.5 Å². The number of nitrogens with zero attached hydrogens (tertiary/aromatic N) is 3. The highest BCUT2D eigenvalue weighted by Crippen LogP contribution is 2.19. The summed E-state index contributed by atoms with van der Waals surface area (Å²) in [6.45, 7) is 0. The van der Waals surface area contributed by atoms with E-state index >= 15 is 0 Å². The summed E-state index contributed by atoms with van der Waals surface area (Å²) < 4.78 is 0. The maximum Gasteiger partial charge on any atom is 0.224 e. The van der Waals surface area contributed by atoms with Crippen molar-refractivity contribution in [1.82, 2.24) is 9.97 Å². The van der Waals surface area contributed by atoms with Gasteiger partial charge in [0.15, 0.2) is 0 Å². The van der Waals surface area contributed by atoms with Crippen LogP contribution in [0.1, 0.15) is 12.1 Å². The van der Waals surface area contributed by atoms with Gasteiger partial charge in [-0.1, -0.05) is 0 Å². The minimum atomic E-state index is 0.410. The molecule has 1 aromatic rings. The predicted molar refractivity (Wildman–Crippen MR) is 56.1 cm³/mol.